The van der Waals surface area contributed by atoms with Crippen LogP contribution < -0.4 is 5.69 Å². The fourth-order valence-corrected chi connectivity index (χ4v) is 1.48. The van der Waals surface area contributed by atoms with E-state index in [1.165, 1.54) is 0 Å². The summed E-state index contributed by atoms with van der Waals surface area (Å²) in [6.45, 7) is 7.41. The largest absolute Gasteiger partial charge is 0.323 e. The number of imidazole rings is 1. The van der Waals surface area contributed by atoms with Crippen LogP contribution in [0.1, 0.15) is 15.3 Å². The van der Waals surface area contributed by atoms with Gasteiger partial charge in [0.25, 0.3) is 0 Å². The third-order valence-electron chi connectivity index (χ3n) is 2.39. The molecular weight excluding hydrogens is 240 g/mol. The summed E-state index contributed by atoms with van der Waals surface area (Å²) in [5, 5.41) is 7.29. The maximum absolute atomic E-state index is 10.8. The van der Waals surface area contributed by atoms with Gasteiger partial charge < -0.3 is 9.97 Å². The topological polar surface area (TPSA) is 73.4 Å². The molecule has 5 nitrogen and oxygen atoms in total. The van der Waals surface area contributed by atoms with E-state index in [0.29, 0.717) is 0 Å². The van der Waals surface area contributed by atoms with Crippen molar-refractivity contribution in [1.29, 1.82) is 0 Å². The predicted octanol–water partition coefficient (Wildman–Crippen LogP) is 3.81. The number of fused-ring (bicyclic) bond motifs is 1. The fraction of sp³-hybridized carbons (Fsp3) is 0.214. The standard InChI is InChI=1S/C8H8N2O.C6H10N2.2H2/c1-5-2-3-6-7(4-5)10-8(11)9-6;1-4-6(5-2)8-7-3;;/h2-4H,1H3,(H2,9,10,11);4-5H,1H2,2-3H3;2*1H/b;6-5+,8-7?;;. The number of azo groups is 1. The molecule has 0 aliphatic heterocycles. The van der Waals surface area contributed by atoms with Gasteiger partial charge in [-0.15, -0.1) is 0 Å². The summed E-state index contributed by atoms with van der Waals surface area (Å²) < 4.78 is 0. The van der Waals surface area contributed by atoms with Gasteiger partial charge in [0, 0.05) is 9.90 Å². The van der Waals surface area contributed by atoms with E-state index in [2.05, 4.69) is 26.8 Å². The third-order valence-corrected chi connectivity index (χ3v) is 2.39. The summed E-state index contributed by atoms with van der Waals surface area (Å²) in [5.41, 5.74) is 3.54. The first-order valence-corrected chi connectivity index (χ1v) is 5.88. The minimum absolute atomic E-state index is 0. The highest BCUT2D eigenvalue weighted by atomic mass is 16.1. The van der Waals surface area contributed by atoms with Crippen molar-refractivity contribution < 1.29 is 2.85 Å². The zero-order valence-corrected chi connectivity index (χ0v) is 11.4. The highest BCUT2D eigenvalue weighted by Gasteiger charge is 1.95. The number of aromatic amines is 2. The number of hydrogen-bond acceptors (Lipinski definition) is 3. The second-order valence-electron chi connectivity index (χ2n) is 3.85. The van der Waals surface area contributed by atoms with Crippen LogP contribution >= 0.6 is 0 Å². The quantitative estimate of drug-likeness (QED) is 0.626. The number of nitrogens with zero attached hydrogens (tertiary/aromatic N) is 2. The Morgan fingerprint density at radius 2 is 2.05 bits per heavy atom. The Labute approximate surface area is 114 Å². The van der Waals surface area contributed by atoms with Gasteiger partial charge in [-0.25, -0.2) is 4.79 Å². The Kier molecular flexibility index (Phi) is 5.47. The summed E-state index contributed by atoms with van der Waals surface area (Å²) in [6.07, 6.45) is 3.51. The zero-order valence-electron chi connectivity index (χ0n) is 11.4. The molecule has 0 saturated heterocycles. The normalized spacial score (nSPS) is 11.4. The van der Waals surface area contributed by atoms with Crippen molar-refractivity contribution in [2.45, 2.75) is 13.8 Å². The predicted molar refractivity (Wildman–Crippen MR) is 82.6 cm³/mol. The molecule has 0 unspecified atom stereocenters. The molecule has 1 aromatic heterocycles. The molecule has 0 spiro atoms. The SMILES string of the molecule is C=C/C(=C\C)N=NC.Cc1ccc2[nH]c(=O)[nH]c2c1.[HH].[HH]. The maximum Gasteiger partial charge on any atom is 0.323 e. The number of benzene rings is 1. The number of H-pyrrole nitrogens is 2. The van der Waals surface area contributed by atoms with Gasteiger partial charge in [0.15, 0.2) is 0 Å². The van der Waals surface area contributed by atoms with Crippen LogP contribution in [0.4, 0.5) is 0 Å². The molecule has 2 rings (SSSR count). The number of aryl methyl sites for hydroxylation is 1. The second-order valence-corrected chi connectivity index (χ2v) is 3.85. The summed E-state index contributed by atoms with van der Waals surface area (Å²) >= 11 is 0. The molecule has 0 fully saturated rings. The van der Waals surface area contributed by atoms with E-state index < -0.39 is 0 Å². The van der Waals surface area contributed by atoms with Crippen LogP contribution in [0.25, 0.3) is 11.0 Å². The first-order chi connectivity index (χ1) is 9.10. The molecule has 0 saturated carbocycles. The smallest absolute Gasteiger partial charge is 0.306 e. The summed E-state index contributed by atoms with van der Waals surface area (Å²) in [7, 11) is 1.63. The van der Waals surface area contributed by atoms with E-state index in [1.807, 2.05) is 38.1 Å². The lowest BCUT2D eigenvalue weighted by molar-refractivity contribution is 1.11. The van der Waals surface area contributed by atoms with Gasteiger partial charge in [0.2, 0.25) is 0 Å². The monoisotopic (exact) mass is 262 g/mol. The van der Waals surface area contributed by atoms with Crippen LogP contribution in [0, 0.1) is 6.92 Å². The fourth-order valence-electron chi connectivity index (χ4n) is 1.48. The number of rotatable bonds is 2. The molecule has 5 heteroatoms. The average Bonchev–Trinajstić information content (AvgIpc) is 2.76. The van der Waals surface area contributed by atoms with Gasteiger partial charge in [-0.05, 0) is 37.6 Å². The minimum Gasteiger partial charge on any atom is -0.306 e. The molecule has 2 aromatic rings. The molecular formula is C14H22N4O. The van der Waals surface area contributed by atoms with Crippen LogP contribution in [0.5, 0.6) is 0 Å². The third kappa shape index (κ3) is 4.39. The van der Waals surface area contributed by atoms with E-state index in [9.17, 15) is 4.79 Å². The summed E-state index contributed by atoms with van der Waals surface area (Å²) in [6, 6.07) is 5.79. The maximum atomic E-state index is 10.8. The van der Waals surface area contributed by atoms with E-state index >= 15 is 0 Å². The van der Waals surface area contributed by atoms with Gasteiger partial charge in [-0.3, -0.25) is 0 Å². The highest BCUT2D eigenvalue weighted by Crippen LogP contribution is 2.08. The van der Waals surface area contributed by atoms with Crippen molar-refractivity contribution in [2.75, 3.05) is 7.05 Å². The minimum atomic E-state index is -0.148. The van der Waals surface area contributed by atoms with E-state index in [0.717, 1.165) is 22.3 Å². The summed E-state index contributed by atoms with van der Waals surface area (Å²) in [5.74, 6) is 0. The summed E-state index contributed by atoms with van der Waals surface area (Å²) in [4.78, 5) is 16.2. The van der Waals surface area contributed by atoms with E-state index in [-0.39, 0.29) is 8.54 Å². The molecule has 1 heterocycles. The van der Waals surface area contributed by atoms with E-state index in [4.69, 9.17) is 0 Å². The van der Waals surface area contributed by atoms with Crippen molar-refractivity contribution >= 4 is 11.0 Å². The first-order valence-electron chi connectivity index (χ1n) is 5.88. The lowest BCUT2D eigenvalue weighted by Gasteiger charge is -1.89. The highest BCUT2D eigenvalue weighted by molar-refractivity contribution is 5.74. The molecule has 2 N–H and O–H groups in total. The molecule has 0 radical (unpaired) electrons. The van der Waals surface area contributed by atoms with Gasteiger partial charge in [0.05, 0.1) is 16.7 Å². The molecule has 19 heavy (non-hydrogen) atoms. The van der Waals surface area contributed by atoms with Crippen molar-refractivity contribution in [3.63, 3.8) is 0 Å². The molecule has 0 aliphatic carbocycles. The Hall–Kier alpha value is -2.43. The zero-order chi connectivity index (χ0) is 14.3. The number of nitrogens with one attached hydrogen (secondary N) is 2. The average molecular weight is 262 g/mol. The van der Waals surface area contributed by atoms with Crippen LogP contribution in [0.2, 0.25) is 0 Å². The van der Waals surface area contributed by atoms with Gasteiger partial charge in [-0.1, -0.05) is 18.7 Å². The number of allylic oxidation sites excluding steroid dienone is 2. The Morgan fingerprint density at radius 3 is 2.58 bits per heavy atom. The molecule has 0 bridgehead atoms. The van der Waals surface area contributed by atoms with Crippen molar-refractivity contribution in [2.24, 2.45) is 10.2 Å². The van der Waals surface area contributed by atoms with Gasteiger partial charge in [0.1, 0.15) is 0 Å². The molecule has 104 valence electrons. The van der Waals surface area contributed by atoms with Crippen LogP contribution in [-0.2, 0) is 0 Å². The number of hydrogen-bond donors (Lipinski definition) is 2. The van der Waals surface area contributed by atoms with Crippen LogP contribution in [0.3, 0.4) is 0 Å². The lowest BCUT2D eigenvalue weighted by atomic mass is 10.2. The van der Waals surface area contributed by atoms with Crippen LogP contribution in [0.15, 0.2) is 57.7 Å². The van der Waals surface area contributed by atoms with Crippen molar-refractivity contribution in [3.05, 3.63) is 58.7 Å². The Bertz CT molecular complexity index is 671. The lowest BCUT2D eigenvalue weighted by Crippen LogP contribution is -1.99. The molecule has 0 amide bonds. The Morgan fingerprint density at radius 1 is 1.37 bits per heavy atom. The molecule has 1 aromatic carbocycles. The number of aromatic nitrogens is 2. The second kappa shape index (κ2) is 7.10. The Balaban J connectivity index is 0. The van der Waals surface area contributed by atoms with Gasteiger partial charge in [-0.2, -0.15) is 10.2 Å². The first kappa shape index (κ1) is 14.6. The van der Waals surface area contributed by atoms with Crippen molar-refractivity contribution in [1.82, 2.24) is 9.97 Å². The van der Waals surface area contributed by atoms with Crippen LogP contribution in [-0.4, -0.2) is 17.0 Å². The van der Waals surface area contributed by atoms with Gasteiger partial charge >= 0.3 is 5.69 Å². The van der Waals surface area contributed by atoms with Crippen molar-refractivity contribution in [3.8, 4) is 0 Å². The molecule has 0 atom stereocenters. The van der Waals surface area contributed by atoms with E-state index in [1.54, 1.807) is 13.1 Å². The molecule has 0 aliphatic rings.